The van der Waals surface area contributed by atoms with E-state index in [9.17, 15) is 9.59 Å². The van der Waals surface area contributed by atoms with Crippen LogP contribution in [0.25, 0.3) is 0 Å². The average Bonchev–Trinajstić information content (AvgIpc) is 2.54. The van der Waals surface area contributed by atoms with Gasteiger partial charge in [-0.1, -0.05) is 32.8 Å². The lowest BCUT2D eigenvalue weighted by atomic mass is 9.78. The first kappa shape index (κ1) is 19.3. The van der Waals surface area contributed by atoms with Crippen molar-refractivity contribution in [1.29, 1.82) is 0 Å². The van der Waals surface area contributed by atoms with Gasteiger partial charge in [-0.05, 0) is 55.4 Å². The average molecular weight is 347 g/mol. The van der Waals surface area contributed by atoms with Gasteiger partial charge in [0, 0.05) is 6.04 Å². The summed E-state index contributed by atoms with van der Waals surface area (Å²) in [7, 11) is 0. The molecule has 1 aliphatic rings. The third-order valence-electron chi connectivity index (χ3n) is 4.97. The second-order valence-corrected chi connectivity index (χ2v) is 7.21. The number of rotatable bonds is 6. The van der Waals surface area contributed by atoms with Gasteiger partial charge >= 0.3 is 5.97 Å². The van der Waals surface area contributed by atoms with Gasteiger partial charge in [0.2, 0.25) is 0 Å². The van der Waals surface area contributed by atoms with Crippen LogP contribution in [0.5, 0.6) is 5.75 Å². The van der Waals surface area contributed by atoms with E-state index in [1.54, 1.807) is 0 Å². The Balaban J connectivity index is 1.71. The third-order valence-corrected chi connectivity index (χ3v) is 4.97. The van der Waals surface area contributed by atoms with Crippen LogP contribution < -0.4 is 10.1 Å². The van der Waals surface area contributed by atoms with Crippen LogP contribution in [0.4, 0.5) is 0 Å². The molecule has 1 fully saturated rings. The van der Waals surface area contributed by atoms with Crippen molar-refractivity contribution < 1.29 is 19.1 Å². The van der Waals surface area contributed by atoms with Crippen molar-refractivity contribution in [1.82, 2.24) is 5.32 Å². The zero-order chi connectivity index (χ0) is 18.4. The maximum atomic E-state index is 12.0. The minimum atomic E-state index is -0.542. The maximum absolute atomic E-state index is 12.0. The highest BCUT2D eigenvalue weighted by atomic mass is 16.6. The highest BCUT2D eigenvalue weighted by Crippen LogP contribution is 2.29. The highest BCUT2D eigenvalue weighted by molar-refractivity contribution is 5.81. The Morgan fingerprint density at radius 1 is 1.08 bits per heavy atom. The number of carbonyl (C=O) groups excluding carboxylic acids is 2. The minimum Gasteiger partial charge on any atom is -0.482 e. The third kappa shape index (κ3) is 6.07. The van der Waals surface area contributed by atoms with Crippen LogP contribution in [0.1, 0.15) is 44.2 Å². The van der Waals surface area contributed by atoms with Gasteiger partial charge in [-0.25, -0.2) is 4.79 Å². The van der Waals surface area contributed by atoms with E-state index in [1.807, 2.05) is 32.0 Å². The molecule has 0 spiro atoms. The molecule has 1 N–H and O–H groups in total. The van der Waals surface area contributed by atoms with Crippen LogP contribution in [0.15, 0.2) is 18.2 Å². The predicted octanol–water partition coefficient (Wildman–Crippen LogP) is 3.17. The minimum absolute atomic E-state index is 0.168. The molecule has 2 rings (SSSR count). The standard InChI is InChI=1S/C20H29NO4/c1-13-8-14(2)10-17(9-13)24-12-20(23)25-11-19(22)21-18-7-5-6-15(3)16(18)4/h8-10,15-16,18H,5-7,11-12H2,1-4H3,(H,21,22)/t15-,16-,18+/m0/s1. The van der Waals surface area contributed by atoms with Gasteiger partial charge in [0.1, 0.15) is 5.75 Å². The fourth-order valence-corrected chi connectivity index (χ4v) is 3.38. The lowest BCUT2D eigenvalue weighted by molar-refractivity contribution is -0.150. The Morgan fingerprint density at radius 2 is 1.76 bits per heavy atom. The summed E-state index contributed by atoms with van der Waals surface area (Å²) < 4.78 is 10.5. The zero-order valence-corrected chi connectivity index (χ0v) is 15.6. The molecule has 0 aromatic heterocycles. The van der Waals surface area contributed by atoms with E-state index in [1.165, 1.54) is 6.42 Å². The van der Waals surface area contributed by atoms with E-state index >= 15 is 0 Å². The fraction of sp³-hybridized carbons (Fsp3) is 0.600. The van der Waals surface area contributed by atoms with Crippen LogP contribution >= 0.6 is 0 Å². The molecule has 3 atom stereocenters. The van der Waals surface area contributed by atoms with Gasteiger partial charge in [-0.15, -0.1) is 0 Å². The van der Waals surface area contributed by atoms with Gasteiger partial charge in [-0.2, -0.15) is 0 Å². The van der Waals surface area contributed by atoms with Crippen molar-refractivity contribution in [2.75, 3.05) is 13.2 Å². The molecule has 0 unspecified atom stereocenters. The van der Waals surface area contributed by atoms with Crippen molar-refractivity contribution in [2.24, 2.45) is 11.8 Å². The van der Waals surface area contributed by atoms with Gasteiger partial charge in [0.15, 0.2) is 13.2 Å². The topological polar surface area (TPSA) is 64.6 Å². The molecule has 1 aromatic carbocycles. The molecule has 0 heterocycles. The van der Waals surface area contributed by atoms with E-state index in [0.29, 0.717) is 17.6 Å². The number of nitrogens with one attached hydrogen (secondary N) is 1. The van der Waals surface area contributed by atoms with Crippen molar-refractivity contribution in [2.45, 2.75) is 53.0 Å². The monoisotopic (exact) mass is 347 g/mol. The molecule has 1 aliphatic carbocycles. The molecular weight excluding hydrogens is 318 g/mol. The van der Waals surface area contributed by atoms with E-state index in [0.717, 1.165) is 24.0 Å². The molecule has 1 amide bonds. The van der Waals surface area contributed by atoms with Gasteiger partial charge in [0.25, 0.3) is 5.91 Å². The molecule has 1 saturated carbocycles. The van der Waals surface area contributed by atoms with Crippen LogP contribution in [-0.2, 0) is 14.3 Å². The Morgan fingerprint density at radius 3 is 2.44 bits per heavy atom. The van der Waals surface area contributed by atoms with Crippen LogP contribution in [-0.4, -0.2) is 31.1 Å². The summed E-state index contributed by atoms with van der Waals surface area (Å²) in [6, 6.07) is 5.92. The molecular formula is C20H29NO4. The maximum Gasteiger partial charge on any atom is 0.344 e. The van der Waals surface area contributed by atoms with E-state index in [-0.39, 0.29) is 25.2 Å². The van der Waals surface area contributed by atoms with Crippen LogP contribution in [0.3, 0.4) is 0 Å². The molecule has 0 radical (unpaired) electrons. The number of ether oxygens (including phenoxy) is 2. The molecule has 5 nitrogen and oxygen atoms in total. The van der Waals surface area contributed by atoms with E-state index in [2.05, 4.69) is 19.2 Å². The number of benzene rings is 1. The number of esters is 1. The van der Waals surface area contributed by atoms with Crippen molar-refractivity contribution in [3.05, 3.63) is 29.3 Å². The number of hydrogen-bond donors (Lipinski definition) is 1. The van der Waals surface area contributed by atoms with Crippen molar-refractivity contribution in [3.8, 4) is 5.75 Å². The Bertz CT molecular complexity index is 593. The number of amides is 1. The number of aryl methyl sites for hydroxylation is 2. The summed E-state index contributed by atoms with van der Waals surface area (Å²) in [5.41, 5.74) is 2.14. The highest BCUT2D eigenvalue weighted by Gasteiger charge is 2.28. The Kier molecular flexibility index (Phi) is 6.85. The SMILES string of the molecule is Cc1cc(C)cc(OCC(=O)OCC(=O)N[C@@H]2CCC[C@H](C)[C@@H]2C)c1. The lowest BCUT2D eigenvalue weighted by Crippen LogP contribution is -2.45. The Hall–Kier alpha value is -2.04. The predicted molar refractivity (Wildman–Crippen MR) is 96.5 cm³/mol. The van der Waals surface area contributed by atoms with Crippen molar-refractivity contribution >= 4 is 11.9 Å². The van der Waals surface area contributed by atoms with E-state index in [4.69, 9.17) is 9.47 Å². The molecule has 25 heavy (non-hydrogen) atoms. The van der Waals surface area contributed by atoms with Crippen LogP contribution in [0.2, 0.25) is 0 Å². The summed E-state index contributed by atoms with van der Waals surface area (Å²) in [5.74, 6) is 0.892. The molecule has 0 saturated heterocycles. The normalized spacial score (nSPS) is 23.0. The molecule has 5 heteroatoms. The van der Waals surface area contributed by atoms with Gasteiger partial charge < -0.3 is 14.8 Å². The lowest BCUT2D eigenvalue weighted by Gasteiger charge is -2.34. The smallest absolute Gasteiger partial charge is 0.344 e. The summed E-state index contributed by atoms with van der Waals surface area (Å²) >= 11 is 0. The summed E-state index contributed by atoms with van der Waals surface area (Å²) in [6.07, 6.45) is 3.32. The fourth-order valence-electron chi connectivity index (χ4n) is 3.38. The van der Waals surface area contributed by atoms with Crippen molar-refractivity contribution in [3.63, 3.8) is 0 Å². The summed E-state index contributed by atoms with van der Waals surface area (Å²) in [6.45, 7) is 7.86. The number of hydrogen-bond acceptors (Lipinski definition) is 4. The molecule has 138 valence electrons. The largest absolute Gasteiger partial charge is 0.482 e. The first-order valence-corrected chi connectivity index (χ1v) is 9.01. The van der Waals surface area contributed by atoms with Gasteiger partial charge in [0.05, 0.1) is 0 Å². The van der Waals surface area contributed by atoms with E-state index < -0.39 is 5.97 Å². The first-order chi connectivity index (χ1) is 11.8. The number of carbonyl (C=O) groups is 2. The second-order valence-electron chi connectivity index (χ2n) is 7.21. The van der Waals surface area contributed by atoms with Gasteiger partial charge in [-0.3, -0.25) is 4.79 Å². The second kappa shape index (κ2) is 8.88. The molecule has 0 bridgehead atoms. The summed E-state index contributed by atoms with van der Waals surface area (Å²) in [4.78, 5) is 23.8. The first-order valence-electron chi connectivity index (χ1n) is 9.01. The van der Waals surface area contributed by atoms with Crippen LogP contribution in [0, 0.1) is 25.7 Å². The summed E-state index contributed by atoms with van der Waals surface area (Å²) in [5, 5.41) is 2.99. The zero-order valence-electron chi connectivity index (χ0n) is 15.6. The quantitative estimate of drug-likeness (QED) is 0.803. The Labute approximate surface area is 150 Å². The molecule has 0 aliphatic heterocycles. The molecule has 1 aromatic rings.